The molecule has 0 aromatic heterocycles. The molecule has 0 unspecified atom stereocenters. The van der Waals surface area contributed by atoms with Crippen molar-refractivity contribution in [3.05, 3.63) is 23.8 Å². The first-order chi connectivity index (χ1) is 7.58. The summed E-state index contributed by atoms with van der Waals surface area (Å²) in [6, 6.07) is 5.02. The fraction of sp³-hybridized carbons (Fsp3) is 0.200. The summed E-state index contributed by atoms with van der Waals surface area (Å²) < 4.78 is 5.08. The first-order valence-electron chi connectivity index (χ1n) is 4.55. The number of ether oxygens (including phenoxy) is 1. The van der Waals surface area contributed by atoms with Gasteiger partial charge in [0.1, 0.15) is 5.75 Å². The Balaban J connectivity index is 3.10. The zero-order chi connectivity index (χ0) is 12.1. The Morgan fingerprint density at radius 3 is 2.69 bits per heavy atom. The molecule has 0 aliphatic carbocycles. The van der Waals surface area contributed by atoms with Gasteiger partial charge in [0.05, 0.1) is 12.7 Å². The molecule has 16 heavy (non-hydrogen) atoms. The third-order valence-corrected chi connectivity index (χ3v) is 2.04. The SMILES string of the molecule is CNC(=O)c1cc(NC(N)=S)ccc1OC. The van der Waals surface area contributed by atoms with Crippen molar-refractivity contribution in [1.29, 1.82) is 0 Å². The first kappa shape index (κ1) is 12.3. The molecule has 1 amide bonds. The topological polar surface area (TPSA) is 76.4 Å². The lowest BCUT2D eigenvalue weighted by molar-refractivity contribution is 0.0960. The van der Waals surface area contributed by atoms with Crippen LogP contribution in [0.1, 0.15) is 10.4 Å². The van der Waals surface area contributed by atoms with Gasteiger partial charge in [-0.3, -0.25) is 4.79 Å². The summed E-state index contributed by atoms with van der Waals surface area (Å²) in [4.78, 5) is 11.5. The smallest absolute Gasteiger partial charge is 0.254 e. The van der Waals surface area contributed by atoms with Gasteiger partial charge in [0, 0.05) is 12.7 Å². The molecular formula is C10H13N3O2S. The van der Waals surface area contributed by atoms with Crippen LogP contribution in [0.25, 0.3) is 0 Å². The number of amides is 1. The zero-order valence-electron chi connectivity index (χ0n) is 9.03. The molecule has 6 heteroatoms. The highest BCUT2D eigenvalue weighted by Crippen LogP contribution is 2.22. The number of thiocarbonyl (C=S) groups is 1. The minimum absolute atomic E-state index is 0.146. The van der Waals surface area contributed by atoms with Gasteiger partial charge in [-0.2, -0.15) is 0 Å². The molecule has 0 aliphatic rings. The lowest BCUT2D eigenvalue weighted by Gasteiger charge is -2.10. The van der Waals surface area contributed by atoms with Gasteiger partial charge >= 0.3 is 0 Å². The van der Waals surface area contributed by atoms with E-state index in [9.17, 15) is 4.79 Å². The van der Waals surface area contributed by atoms with E-state index in [4.69, 9.17) is 22.7 Å². The van der Waals surface area contributed by atoms with Crippen molar-refractivity contribution in [3.63, 3.8) is 0 Å². The molecule has 0 atom stereocenters. The zero-order valence-corrected chi connectivity index (χ0v) is 9.85. The van der Waals surface area contributed by atoms with Crippen LogP contribution in [0.4, 0.5) is 5.69 Å². The maximum absolute atomic E-state index is 11.5. The molecule has 4 N–H and O–H groups in total. The number of nitrogens with two attached hydrogens (primary N) is 1. The largest absolute Gasteiger partial charge is 0.496 e. The van der Waals surface area contributed by atoms with Gasteiger partial charge in [-0.05, 0) is 30.4 Å². The number of methoxy groups -OCH3 is 1. The van der Waals surface area contributed by atoms with Crippen molar-refractivity contribution >= 4 is 28.9 Å². The van der Waals surface area contributed by atoms with Crippen LogP contribution in [0, 0.1) is 0 Å². The predicted octanol–water partition coefficient (Wildman–Crippen LogP) is 0.710. The number of rotatable bonds is 3. The normalized spacial score (nSPS) is 9.38. The number of carbonyl (C=O) groups is 1. The van der Waals surface area contributed by atoms with E-state index in [0.29, 0.717) is 17.0 Å². The summed E-state index contributed by atoms with van der Waals surface area (Å²) in [6.07, 6.45) is 0. The first-order valence-corrected chi connectivity index (χ1v) is 4.96. The van der Waals surface area contributed by atoms with E-state index in [-0.39, 0.29) is 11.0 Å². The van der Waals surface area contributed by atoms with Crippen molar-refractivity contribution < 1.29 is 9.53 Å². The van der Waals surface area contributed by atoms with Crippen molar-refractivity contribution in [2.75, 3.05) is 19.5 Å². The quantitative estimate of drug-likeness (QED) is 0.677. The Labute approximate surface area is 99.0 Å². The molecule has 1 aromatic carbocycles. The number of benzene rings is 1. The maximum Gasteiger partial charge on any atom is 0.254 e. The van der Waals surface area contributed by atoms with E-state index in [1.807, 2.05) is 0 Å². The highest BCUT2D eigenvalue weighted by atomic mass is 32.1. The Kier molecular flexibility index (Phi) is 4.07. The maximum atomic E-state index is 11.5. The molecule has 0 heterocycles. The molecule has 1 aromatic rings. The molecule has 0 radical (unpaired) electrons. The lowest BCUT2D eigenvalue weighted by Crippen LogP contribution is -2.21. The van der Waals surface area contributed by atoms with E-state index >= 15 is 0 Å². The van der Waals surface area contributed by atoms with Crippen LogP contribution in [-0.2, 0) is 0 Å². The number of hydrogen-bond acceptors (Lipinski definition) is 3. The average molecular weight is 239 g/mol. The van der Waals surface area contributed by atoms with Crippen LogP contribution in [0.3, 0.4) is 0 Å². The van der Waals surface area contributed by atoms with Crippen LogP contribution < -0.4 is 21.1 Å². The highest BCUT2D eigenvalue weighted by Gasteiger charge is 2.11. The third-order valence-electron chi connectivity index (χ3n) is 1.94. The molecule has 5 nitrogen and oxygen atoms in total. The molecule has 0 saturated heterocycles. The second-order valence-corrected chi connectivity index (χ2v) is 3.42. The molecule has 86 valence electrons. The van der Waals surface area contributed by atoms with Crippen LogP contribution in [0.2, 0.25) is 0 Å². The van der Waals surface area contributed by atoms with E-state index in [2.05, 4.69) is 10.6 Å². The predicted molar refractivity (Wildman–Crippen MR) is 66.8 cm³/mol. The summed E-state index contributed by atoms with van der Waals surface area (Å²) in [5.41, 5.74) is 6.41. The Morgan fingerprint density at radius 1 is 1.50 bits per heavy atom. The second-order valence-electron chi connectivity index (χ2n) is 2.98. The van der Waals surface area contributed by atoms with E-state index < -0.39 is 0 Å². The van der Waals surface area contributed by atoms with Gasteiger partial charge in [-0.1, -0.05) is 0 Å². The number of carbonyl (C=O) groups excluding carboxylic acids is 1. The van der Waals surface area contributed by atoms with Gasteiger partial charge in [0.2, 0.25) is 0 Å². The number of nitrogens with one attached hydrogen (secondary N) is 2. The van der Waals surface area contributed by atoms with Crippen molar-refractivity contribution in [2.45, 2.75) is 0 Å². The molecule has 0 spiro atoms. The summed E-state index contributed by atoms with van der Waals surface area (Å²) >= 11 is 4.71. The Bertz CT molecular complexity index is 421. The molecule has 0 aliphatic heterocycles. The van der Waals surface area contributed by atoms with Crippen molar-refractivity contribution in [3.8, 4) is 5.75 Å². The minimum Gasteiger partial charge on any atom is -0.496 e. The number of hydrogen-bond donors (Lipinski definition) is 3. The standard InChI is InChI=1S/C10H13N3O2S/c1-12-9(14)7-5-6(13-10(11)16)3-4-8(7)15-2/h3-5H,1-2H3,(H,12,14)(H3,11,13,16). The van der Waals surface area contributed by atoms with E-state index in [1.165, 1.54) is 7.11 Å². The monoisotopic (exact) mass is 239 g/mol. The molecule has 0 saturated carbocycles. The van der Waals surface area contributed by atoms with Crippen molar-refractivity contribution in [1.82, 2.24) is 5.32 Å². The lowest BCUT2D eigenvalue weighted by atomic mass is 10.1. The number of anilines is 1. The van der Waals surface area contributed by atoms with E-state index in [0.717, 1.165) is 0 Å². The molecule has 0 fully saturated rings. The molecule has 1 rings (SSSR count). The fourth-order valence-electron chi connectivity index (χ4n) is 1.24. The van der Waals surface area contributed by atoms with Crippen LogP contribution in [0.5, 0.6) is 5.75 Å². The van der Waals surface area contributed by atoms with Crippen molar-refractivity contribution in [2.24, 2.45) is 5.73 Å². The molecule has 0 bridgehead atoms. The molecular weight excluding hydrogens is 226 g/mol. The minimum atomic E-state index is -0.233. The summed E-state index contributed by atoms with van der Waals surface area (Å²) in [5, 5.41) is 5.42. The van der Waals surface area contributed by atoms with Gasteiger partial charge in [-0.15, -0.1) is 0 Å². The second kappa shape index (κ2) is 5.32. The highest BCUT2D eigenvalue weighted by molar-refractivity contribution is 7.80. The van der Waals surface area contributed by atoms with Gasteiger partial charge in [0.25, 0.3) is 5.91 Å². The average Bonchev–Trinajstić information content (AvgIpc) is 2.27. The Hall–Kier alpha value is -1.82. The third kappa shape index (κ3) is 2.83. The summed E-state index contributed by atoms with van der Waals surface area (Å²) in [6.45, 7) is 0. The fourth-order valence-corrected chi connectivity index (χ4v) is 1.36. The van der Waals surface area contributed by atoms with Gasteiger partial charge in [0.15, 0.2) is 5.11 Å². The Morgan fingerprint density at radius 2 is 2.19 bits per heavy atom. The van der Waals surface area contributed by atoms with Crippen LogP contribution in [0.15, 0.2) is 18.2 Å². The van der Waals surface area contributed by atoms with Gasteiger partial charge in [-0.25, -0.2) is 0 Å². The summed E-state index contributed by atoms with van der Waals surface area (Å²) in [7, 11) is 3.05. The van der Waals surface area contributed by atoms with E-state index in [1.54, 1.807) is 25.2 Å². The van der Waals surface area contributed by atoms with Crippen LogP contribution in [-0.4, -0.2) is 25.2 Å². The summed E-state index contributed by atoms with van der Waals surface area (Å²) in [5.74, 6) is 0.260. The van der Waals surface area contributed by atoms with Crippen LogP contribution >= 0.6 is 12.2 Å². The van der Waals surface area contributed by atoms with Gasteiger partial charge < -0.3 is 21.1 Å².